The molecule has 1 aliphatic heterocycles. The zero-order valence-electron chi connectivity index (χ0n) is 13.6. The van der Waals surface area contributed by atoms with Crippen molar-refractivity contribution in [3.8, 4) is 0 Å². The molecule has 2 aromatic rings. The molecule has 0 spiro atoms. The number of anilines is 1. The van der Waals surface area contributed by atoms with E-state index in [0.29, 0.717) is 29.2 Å². The second-order valence-electron chi connectivity index (χ2n) is 5.44. The van der Waals surface area contributed by atoms with Gasteiger partial charge in [-0.3, -0.25) is 0 Å². The van der Waals surface area contributed by atoms with Crippen LogP contribution < -0.4 is 5.32 Å². The van der Waals surface area contributed by atoms with E-state index in [-0.39, 0.29) is 6.61 Å². The Morgan fingerprint density at radius 2 is 2.17 bits per heavy atom. The summed E-state index contributed by atoms with van der Waals surface area (Å²) in [6, 6.07) is 5.67. The van der Waals surface area contributed by atoms with Crippen LogP contribution >= 0.6 is 0 Å². The average molecular weight is 330 g/mol. The number of fused-ring (bicyclic) bond motifs is 1. The first-order valence-electron chi connectivity index (χ1n) is 7.98. The standard InChI is InChI=1S/C17H19FN4O2/c1-3-7-13-14(16(23)24-4-2)15(11-8-5-6-9-12(11)18)22-17(21-13)19-10-20-22/h5-6,8-10,15H,3-4,7H2,1-2H3,(H,19,20,21)/t15-/m1/s1. The summed E-state index contributed by atoms with van der Waals surface area (Å²) in [6.45, 7) is 4.00. The molecule has 0 saturated heterocycles. The predicted molar refractivity (Wildman–Crippen MR) is 86.8 cm³/mol. The number of carbonyl (C=O) groups excluding carboxylic acids is 1. The van der Waals surface area contributed by atoms with E-state index < -0.39 is 17.8 Å². The van der Waals surface area contributed by atoms with Crippen LogP contribution in [0.4, 0.5) is 10.3 Å². The molecule has 0 fully saturated rings. The first kappa shape index (κ1) is 16.2. The lowest BCUT2D eigenvalue weighted by atomic mass is 9.93. The number of halogens is 1. The van der Waals surface area contributed by atoms with Gasteiger partial charge in [-0.05, 0) is 19.4 Å². The van der Waals surface area contributed by atoms with Gasteiger partial charge in [-0.25, -0.2) is 13.9 Å². The monoisotopic (exact) mass is 330 g/mol. The van der Waals surface area contributed by atoms with Gasteiger partial charge in [-0.1, -0.05) is 31.5 Å². The molecule has 7 heteroatoms. The molecule has 0 saturated carbocycles. The van der Waals surface area contributed by atoms with Crippen molar-refractivity contribution >= 4 is 11.9 Å². The summed E-state index contributed by atoms with van der Waals surface area (Å²) < 4.78 is 21.2. The number of benzene rings is 1. The van der Waals surface area contributed by atoms with E-state index in [9.17, 15) is 9.18 Å². The Bertz CT molecular complexity index is 784. The third-order valence-corrected chi connectivity index (χ3v) is 3.87. The Morgan fingerprint density at radius 3 is 2.88 bits per heavy atom. The Balaban J connectivity index is 2.20. The van der Waals surface area contributed by atoms with Crippen LogP contribution in [0, 0.1) is 5.82 Å². The lowest BCUT2D eigenvalue weighted by Gasteiger charge is -2.29. The van der Waals surface area contributed by atoms with Gasteiger partial charge in [-0.15, -0.1) is 0 Å². The van der Waals surface area contributed by atoms with Crippen molar-refractivity contribution in [1.82, 2.24) is 14.8 Å². The minimum atomic E-state index is -0.703. The normalized spacial score (nSPS) is 16.5. The molecular weight excluding hydrogens is 311 g/mol. The van der Waals surface area contributed by atoms with E-state index in [2.05, 4.69) is 15.4 Å². The molecule has 1 aromatic heterocycles. The first-order chi connectivity index (χ1) is 11.7. The van der Waals surface area contributed by atoms with Crippen molar-refractivity contribution in [3.05, 3.63) is 53.2 Å². The molecule has 1 aromatic carbocycles. The number of carbonyl (C=O) groups is 1. The summed E-state index contributed by atoms with van der Waals surface area (Å²) in [7, 11) is 0. The van der Waals surface area contributed by atoms with Crippen LogP contribution in [0.25, 0.3) is 0 Å². The van der Waals surface area contributed by atoms with Crippen molar-refractivity contribution in [3.63, 3.8) is 0 Å². The van der Waals surface area contributed by atoms with Gasteiger partial charge in [0.1, 0.15) is 18.2 Å². The van der Waals surface area contributed by atoms with Crippen LogP contribution in [0.2, 0.25) is 0 Å². The van der Waals surface area contributed by atoms with Crippen molar-refractivity contribution in [2.24, 2.45) is 0 Å². The molecule has 1 atom stereocenters. The third kappa shape index (κ3) is 2.77. The van der Waals surface area contributed by atoms with Gasteiger partial charge in [0, 0.05) is 11.3 Å². The molecule has 2 heterocycles. The number of hydrogen-bond acceptors (Lipinski definition) is 5. The number of ether oxygens (including phenoxy) is 1. The molecule has 6 nitrogen and oxygen atoms in total. The van der Waals surface area contributed by atoms with Gasteiger partial charge in [-0.2, -0.15) is 10.1 Å². The van der Waals surface area contributed by atoms with Crippen LogP contribution in [-0.2, 0) is 9.53 Å². The summed E-state index contributed by atoms with van der Waals surface area (Å²) in [4.78, 5) is 16.8. The molecule has 0 aliphatic carbocycles. The van der Waals surface area contributed by atoms with Crippen molar-refractivity contribution < 1.29 is 13.9 Å². The average Bonchev–Trinajstić information content (AvgIpc) is 3.03. The highest BCUT2D eigenvalue weighted by Gasteiger charge is 2.36. The molecular formula is C17H19FN4O2. The van der Waals surface area contributed by atoms with Gasteiger partial charge >= 0.3 is 5.97 Å². The predicted octanol–water partition coefficient (Wildman–Crippen LogP) is 3.05. The van der Waals surface area contributed by atoms with Crippen molar-refractivity contribution in [1.29, 1.82) is 0 Å². The molecule has 0 bridgehead atoms. The molecule has 1 aliphatic rings. The van der Waals surface area contributed by atoms with Crippen LogP contribution in [-0.4, -0.2) is 27.3 Å². The van der Waals surface area contributed by atoms with Crippen LogP contribution in [0.1, 0.15) is 38.3 Å². The van der Waals surface area contributed by atoms with E-state index in [4.69, 9.17) is 4.74 Å². The quantitative estimate of drug-likeness (QED) is 0.853. The van der Waals surface area contributed by atoms with Crippen LogP contribution in [0.3, 0.4) is 0 Å². The van der Waals surface area contributed by atoms with Gasteiger partial charge < -0.3 is 10.1 Å². The minimum absolute atomic E-state index is 0.246. The van der Waals surface area contributed by atoms with Crippen molar-refractivity contribution in [2.75, 3.05) is 11.9 Å². The maximum absolute atomic E-state index is 14.5. The lowest BCUT2D eigenvalue weighted by molar-refractivity contribution is -0.139. The number of rotatable bonds is 5. The topological polar surface area (TPSA) is 69.0 Å². The number of nitrogens with one attached hydrogen (secondary N) is 1. The summed E-state index contributed by atoms with van der Waals surface area (Å²) in [5, 5.41) is 7.31. The van der Waals surface area contributed by atoms with Gasteiger partial charge in [0.05, 0.1) is 12.2 Å². The highest BCUT2D eigenvalue weighted by Crippen LogP contribution is 2.37. The zero-order valence-corrected chi connectivity index (χ0v) is 13.6. The Labute approximate surface area is 139 Å². The summed E-state index contributed by atoms with van der Waals surface area (Å²) in [6.07, 6.45) is 2.84. The fourth-order valence-corrected chi connectivity index (χ4v) is 2.89. The Morgan fingerprint density at radius 1 is 1.38 bits per heavy atom. The highest BCUT2D eigenvalue weighted by molar-refractivity contribution is 5.92. The van der Waals surface area contributed by atoms with Gasteiger partial charge in [0.25, 0.3) is 0 Å². The van der Waals surface area contributed by atoms with Gasteiger partial charge in [0.15, 0.2) is 0 Å². The van der Waals surface area contributed by atoms with Crippen LogP contribution in [0.15, 0.2) is 41.9 Å². The molecule has 0 unspecified atom stereocenters. The summed E-state index contributed by atoms with van der Waals surface area (Å²) in [5.41, 5.74) is 1.44. The summed E-state index contributed by atoms with van der Waals surface area (Å²) in [5.74, 6) is -0.383. The fraction of sp³-hybridized carbons (Fsp3) is 0.353. The second kappa shape index (κ2) is 6.82. The highest BCUT2D eigenvalue weighted by atomic mass is 19.1. The minimum Gasteiger partial charge on any atom is -0.463 e. The Kier molecular flexibility index (Phi) is 4.59. The van der Waals surface area contributed by atoms with E-state index >= 15 is 0 Å². The maximum Gasteiger partial charge on any atom is 0.338 e. The first-order valence-corrected chi connectivity index (χ1v) is 7.98. The molecule has 3 rings (SSSR count). The number of esters is 1. The molecule has 24 heavy (non-hydrogen) atoms. The van der Waals surface area contributed by atoms with Gasteiger partial charge in [0.2, 0.25) is 5.95 Å². The number of allylic oxidation sites excluding steroid dienone is 1. The zero-order chi connectivity index (χ0) is 17.1. The van der Waals surface area contributed by atoms with E-state index in [0.717, 1.165) is 6.42 Å². The van der Waals surface area contributed by atoms with Crippen molar-refractivity contribution in [2.45, 2.75) is 32.7 Å². The number of nitrogens with zero attached hydrogens (tertiary/aromatic N) is 3. The largest absolute Gasteiger partial charge is 0.463 e. The maximum atomic E-state index is 14.5. The lowest BCUT2D eigenvalue weighted by Crippen LogP contribution is -2.31. The molecule has 1 N–H and O–H groups in total. The Hall–Kier alpha value is -2.70. The second-order valence-corrected chi connectivity index (χ2v) is 5.44. The smallest absolute Gasteiger partial charge is 0.338 e. The summed E-state index contributed by atoms with van der Waals surface area (Å²) >= 11 is 0. The molecule has 0 radical (unpaired) electrons. The fourth-order valence-electron chi connectivity index (χ4n) is 2.89. The number of aromatic nitrogens is 3. The van der Waals surface area contributed by atoms with E-state index in [1.807, 2.05) is 6.92 Å². The third-order valence-electron chi connectivity index (χ3n) is 3.87. The number of hydrogen-bond donors (Lipinski definition) is 1. The SMILES string of the molecule is CCCC1=C(C(=O)OCC)[C@@H](c2ccccc2F)n2ncnc2N1. The molecule has 126 valence electrons. The van der Waals surface area contributed by atoms with Crippen LogP contribution in [0.5, 0.6) is 0 Å². The van der Waals surface area contributed by atoms with E-state index in [1.54, 1.807) is 25.1 Å². The van der Waals surface area contributed by atoms with E-state index in [1.165, 1.54) is 17.1 Å². The molecule has 0 amide bonds.